The summed E-state index contributed by atoms with van der Waals surface area (Å²) in [5.74, 6) is 0. The van der Waals surface area contributed by atoms with Crippen molar-refractivity contribution < 1.29 is 0 Å². The molecule has 0 saturated heterocycles. The molecule has 0 spiro atoms. The fraction of sp³-hybridized carbons (Fsp3) is 0.263. The number of hydrogen-bond acceptors (Lipinski definition) is 0. The van der Waals surface area contributed by atoms with Crippen LogP contribution >= 0.6 is 0 Å². The Bertz CT molecular complexity index is 576. The summed E-state index contributed by atoms with van der Waals surface area (Å²) in [4.78, 5) is 0. The van der Waals surface area contributed by atoms with Gasteiger partial charge in [0.25, 0.3) is 0 Å². The minimum absolute atomic E-state index is 1.12. The lowest BCUT2D eigenvalue weighted by molar-refractivity contribution is 0.902. The molecule has 2 aromatic rings. The van der Waals surface area contributed by atoms with Gasteiger partial charge in [-0.25, -0.2) is 0 Å². The van der Waals surface area contributed by atoms with Crippen LogP contribution in [0.15, 0.2) is 49.0 Å². The number of rotatable bonds is 4. The largest absolute Gasteiger partial charge is 0.0905 e. The lowest BCUT2D eigenvalue weighted by Crippen LogP contribution is -1.99. The van der Waals surface area contributed by atoms with Gasteiger partial charge in [0.15, 0.2) is 0 Å². The van der Waals surface area contributed by atoms with Gasteiger partial charge in [-0.1, -0.05) is 62.4 Å². The Labute approximate surface area is 116 Å². The summed E-state index contributed by atoms with van der Waals surface area (Å²) in [6.07, 6.45) is 2.33. The molecule has 0 bridgehead atoms. The molecule has 0 nitrogen and oxygen atoms in total. The Balaban J connectivity index is 2.46. The van der Waals surface area contributed by atoms with Gasteiger partial charge >= 0.3 is 0 Å². The maximum atomic E-state index is 4.29. The molecule has 0 heteroatoms. The minimum Gasteiger partial charge on any atom is -0.0905 e. The summed E-state index contributed by atoms with van der Waals surface area (Å²) in [5.41, 5.74) is 7.87. The van der Waals surface area contributed by atoms with Crippen LogP contribution in [0.25, 0.3) is 5.57 Å². The first kappa shape index (κ1) is 13.6. The molecule has 2 aromatic carbocycles. The molecular formula is C19H22. The summed E-state index contributed by atoms with van der Waals surface area (Å²) in [7, 11) is 0. The molecule has 0 fully saturated rings. The molecule has 0 saturated carbocycles. The highest BCUT2D eigenvalue weighted by Crippen LogP contribution is 2.28. The van der Waals surface area contributed by atoms with Crippen LogP contribution in [0, 0.1) is 13.8 Å². The second-order valence-electron chi connectivity index (χ2n) is 5.13. The van der Waals surface area contributed by atoms with Gasteiger partial charge in [0.1, 0.15) is 0 Å². The van der Waals surface area contributed by atoms with Crippen molar-refractivity contribution in [3.63, 3.8) is 0 Å². The zero-order valence-corrected chi connectivity index (χ0v) is 12.2. The monoisotopic (exact) mass is 250 g/mol. The van der Waals surface area contributed by atoms with Crippen LogP contribution in [0.5, 0.6) is 0 Å². The molecule has 0 aromatic heterocycles. The van der Waals surface area contributed by atoms with Crippen LogP contribution < -0.4 is 0 Å². The van der Waals surface area contributed by atoms with Crippen LogP contribution in [-0.4, -0.2) is 0 Å². The quantitative estimate of drug-likeness (QED) is 0.689. The van der Waals surface area contributed by atoms with Crippen molar-refractivity contribution in [1.82, 2.24) is 0 Å². The van der Waals surface area contributed by atoms with E-state index in [0.29, 0.717) is 0 Å². The molecule has 19 heavy (non-hydrogen) atoms. The standard InChI is InChI=1S/C19H22/c1-5-9-18-14(2)12-13-19(16(18)4)15(3)17-10-7-6-8-11-17/h6-8,10-13H,3,5,9H2,1-2,4H3. The van der Waals surface area contributed by atoms with Gasteiger partial charge in [-0.2, -0.15) is 0 Å². The first-order valence-electron chi connectivity index (χ1n) is 6.99. The predicted molar refractivity (Wildman–Crippen MR) is 84.5 cm³/mol. The Hall–Kier alpha value is -1.82. The molecule has 0 radical (unpaired) electrons. The highest BCUT2D eigenvalue weighted by Gasteiger charge is 2.10. The molecule has 0 aliphatic carbocycles. The van der Waals surface area contributed by atoms with Crippen LogP contribution in [0.1, 0.15) is 41.2 Å². The van der Waals surface area contributed by atoms with Gasteiger partial charge in [0.05, 0.1) is 0 Å². The highest BCUT2D eigenvalue weighted by atomic mass is 14.1. The topological polar surface area (TPSA) is 0 Å². The molecule has 0 aliphatic rings. The SMILES string of the molecule is C=C(c1ccccc1)c1ccc(C)c(CCC)c1C. The van der Waals surface area contributed by atoms with Crippen molar-refractivity contribution in [2.75, 3.05) is 0 Å². The van der Waals surface area contributed by atoms with Gasteiger partial charge in [-0.05, 0) is 53.7 Å². The molecule has 2 rings (SSSR count). The van der Waals surface area contributed by atoms with E-state index in [1.54, 1.807) is 0 Å². The average molecular weight is 250 g/mol. The van der Waals surface area contributed by atoms with Gasteiger partial charge in [0, 0.05) is 0 Å². The molecule has 0 unspecified atom stereocenters. The summed E-state index contributed by atoms with van der Waals surface area (Å²) in [6.45, 7) is 10.9. The molecular weight excluding hydrogens is 228 g/mol. The number of benzene rings is 2. The third kappa shape index (κ3) is 2.78. The fourth-order valence-corrected chi connectivity index (χ4v) is 2.65. The summed E-state index contributed by atoms with van der Waals surface area (Å²) >= 11 is 0. The number of hydrogen-bond donors (Lipinski definition) is 0. The van der Waals surface area contributed by atoms with E-state index in [1.165, 1.54) is 34.2 Å². The average Bonchev–Trinajstić information content (AvgIpc) is 2.44. The van der Waals surface area contributed by atoms with Gasteiger partial charge < -0.3 is 0 Å². The summed E-state index contributed by atoms with van der Waals surface area (Å²) < 4.78 is 0. The van der Waals surface area contributed by atoms with Crippen LogP contribution in [-0.2, 0) is 6.42 Å². The molecule has 0 heterocycles. The maximum Gasteiger partial charge on any atom is -0.0152 e. The van der Waals surface area contributed by atoms with Gasteiger partial charge in [-0.15, -0.1) is 0 Å². The van der Waals surface area contributed by atoms with Gasteiger partial charge in [0.2, 0.25) is 0 Å². The second-order valence-corrected chi connectivity index (χ2v) is 5.13. The Kier molecular flexibility index (Phi) is 4.21. The van der Waals surface area contributed by atoms with E-state index in [4.69, 9.17) is 0 Å². The number of aryl methyl sites for hydroxylation is 1. The summed E-state index contributed by atoms with van der Waals surface area (Å²) in [5, 5.41) is 0. The van der Waals surface area contributed by atoms with E-state index >= 15 is 0 Å². The predicted octanol–water partition coefficient (Wildman–Crippen LogP) is 5.32. The Morgan fingerprint density at radius 1 is 1.00 bits per heavy atom. The van der Waals surface area contributed by atoms with Crippen molar-refractivity contribution in [2.45, 2.75) is 33.6 Å². The third-order valence-corrected chi connectivity index (χ3v) is 3.78. The minimum atomic E-state index is 1.12. The summed E-state index contributed by atoms with van der Waals surface area (Å²) in [6, 6.07) is 14.9. The van der Waals surface area contributed by atoms with Crippen LogP contribution in [0.3, 0.4) is 0 Å². The van der Waals surface area contributed by atoms with E-state index in [2.05, 4.69) is 63.7 Å². The van der Waals surface area contributed by atoms with E-state index in [9.17, 15) is 0 Å². The maximum absolute atomic E-state index is 4.29. The molecule has 98 valence electrons. The zero-order chi connectivity index (χ0) is 13.8. The third-order valence-electron chi connectivity index (χ3n) is 3.78. The van der Waals surface area contributed by atoms with Crippen molar-refractivity contribution in [2.24, 2.45) is 0 Å². The lowest BCUT2D eigenvalue weighted by atomic mass is 9.89. The lowest BCUT2D eigenvalue weighted by Gasteiger charge is -2.16. The Morgan fingerprint density at radius 3 is 2.32 bits per heavy atom. The smallest absolute Gasteiger partial charge is 0.0152 e. The molecule has 0 atom stereocenters. The second kappa shape index (κ2) is 5.88. The Morgan fingerprint density at radius 2 is 1.68 bits per heavy atom. The molecule has 0 N–H and O–H groups in total. The van der Waals surface area contributed by atoms with Crippen LogP contribution in [0.2, 0.25) is 0 Å². The first-order chi connectivity index (χ1) is 9.15. The van der Waals surface area contributed by atoms with E-state index in [0.717, 1.165) is 12.0 Å². The van der Waals surface area contributed by atoms with Gasteiger partial charge in [-0.3, -0.25) is 0 Å². The van der Waals surface area contributed by atoms with Crippen LogP contribution in [0.4, 0.5) is 0 Å². The van der Waals surface area contributed by atoms with E-state index in [-0.39, 0.29) is 0 Å². The van der Waals surface area contributed by atoms with Crippen molar-refractivity contribution in [1.29, 1.82) is 0 Å². The zero-order valence-electron chi connectivity index (χ0n) is 12.2. The fourth-order valence-electron chi connectivity index (χ4n) is 2.65. The molecule has 0 amide bonds. The van der Waals surface area contributed by atoms with Crippen molar-refractivity contribution >= 4 is 5.57 Å². The van der Waals surface area contributed by atoms with E-state index < -0.39 is 0 Å². The van der Waals surface area contributed by atoms with E-state index in [1.807, 2.05) is 6.07 Å². The highest BCUT2D eigenvalue weighted by molar-refractivity contribution is 5.80. The van der Waals surface area contributed by atoms with Crippen molar-refractivity contribution in [3.8, 4) is 0 Å². The first-order valence-corrected chi connectivity index (χ1v) is 6.99. The normalized spacial score (nSPS) is 10.5. The molecule has 0 aliphatic heterocycles. The van der Waals surface area contributed by atoms with Crippen molar-refractivity contribution in [3.05, 3.63) is 76.9 Å².